The van der Waals surface area contributed by atoms with Gasteiger partial charge in [-0.3, -0.25) is 4.98 Å². The predicted molar refractivity (Wildman–Crippen MR) is 132 cm³/mol. The number of aromatic nitrogens is 4. The molecule has 0 bridgehead atoms. The molecular weight excluding hydrogens is 392 g/mol. The summed E-state index contributed by atoms with van der Waals surface area (Å²) < 4.78 is 2.32. The minimum absolute atomic E-state index is 0.923. The van der Waals surface area contributed by atoms with E-state index in [0.29, 0.717) is 0 Å². The van der Waals surface area contributed by atoms with Crippen molar-refractivity contribution in [2.75, 3.05) is 0 Å². The molecule has 0 fully saturated rings. The number of benzene rings is 3. The van der Waals surface area contributed by atoms with Crippen LogP contribution in [-0.4, -0.2) is 19.5 Å². The van der Waals surface area contributed by atoms with Crippen LogP contribution in [0.2, 0.25) is 0 Å². The van der Waals surface area contributed by atoms with Crippen molar-refractivity contribution in [2.45, 2.75) is 25.8 Å². The summed E-state index contributed by atoms with van der Waals surface area (Å²) in [6.45, 7) is 0.927. The van der Waals surface area contributed by atoms with Crippen LogP contribution in [0.15, 0.2) is 91.1 Å². The van der Waals surface area contributed by atoms with Crippen LogP contribution in [0.1, 0.15) is 18.4 Å². The minimum Gasteiger partial charge on any atom is -0.355 e. The van der Waals surface area contributed by atoms with Gasteiger partial charge in [0.1, 0.15) is 5.69 Å². The number of fused-ring (bicyclic) bond motifs is 4. The number of para-hydroxylation sites is 3. The average Bonchev–Trinajstić information content (AvgIpc) is 3.41. The Balaban J connectivity index is 1.26. The zero-order valence-electron chi connectivity index (χ0n) is 17.8. The lowest BCUT2D eigenvalue weighted by Gasteiger charge is -2.10. The molecule has 0 aliphatic heterocycles. The molecule has 4 nitrogen and oxygen atoms in total. The second kappa shape index (κ2) is 7.97. The molecule has 0 atom stereocenters. The first-order valence-electron chi connectivity index (χ1n) is 11.2. The molecule has 0 aliphatic rings. The van der Waals surface area contributed by atoms with Crippen LogP contribution >= 0.6 is 0 Å². The van der Waals surface area contributed by atoms with E-state index in [1.165, 1.54) is 32.9 Å². The molecule has 0 unspecified atom stereocenters. The van der Waals surface area contributed by atoms with E-state index in [9.17, 15) is 0 Å². The molecule has 0 saturated carbocycles. The Kier molecular flexibility index (Phi) is 4.69. The Morgan fingerprint density at radius 3 is 2.53 bits per heavy atom. The molecule has 0 amide bonds. The van der Waals surface area contributed by atoms with E-state index < -0.39 is 0 Å². The molecule has 3 heterocycles. The average molecular weight is 417 g/mol. The van der Waals surface area contributed by atoms with Gasteiger partial charge in [-0.25, -0.2) is 4.98 Å². The maximum absolute atomic E-state index is 4.88. The second-order valence-electron chi connectivity index (χ2n) is 8.26. The van der Waals surface area contributed by atoms with Gasteiger partial charge < -0.3 is 9.55 Å². The van der Waals surface area contributed by atoms with E-state index in [0.717, 1.165) is 42.8 Å². The van der Waals surface area contributed by atoms with Gasteiger partial charge in [0.25, 0.3) is 0 Å². The van der Waals surface area contributed by atoms with E-state index in [2.05, 4.69) is 75.2 Å². The summed E-state index contributed by atoms with van der Waals surface area (Å²) in [6.07, 6.45) is 5.09. The Labute approximate surface area is 186 Å². The van der Waals surface area contributed by atoms with Crippen molar-refractivity contribution < 1.29 is 0 Å². The van der Waals surface area contributed by atoms with E-state index in [-0.39, 0.29) is 0 Å². The summed E-state index contributed by atoms with van der Waals surface area (Å²) in [5, 5.41) is 2.68. The van der Waals surface area contributed by atoms with E-state index in [4.69, 9.17) is 4.98 Å². The first-order valence-corrected chi connectivity index (χ1v) is 11.2. The molecule has 3 aromatic carbocycles. The van der Waals surface area contributed by atoms with Gasteiger partial charge in [-0.2, -0.15) is 0 Å². The van der Waals surface area contributed by atoms with E-state index in [1.54, 1.807) is 0 Å². The molecule has 6 aromatic rings. The van der Waals surface area contributed by atoms with Crippen molar-refractivity contribution in [3.8, 4) is 11.5 Å². The van der Waals surface area contributed by atoms with Gasteiger partial charge in [0.05, 0.1) is 11.0 Å². The smallest absolute Gasteiger partial charge is 0.159 e. The molecule has 0 radical (unpaired) electrons. The second-order valence-corrected chi connectivity index (χ2v) is 8.26. The third-order valence-electron chi connectivity index (χ3n) is 6.24. The van der Waals surface area contributed by atoms with Gasteiger partial charge in [0, 0.05) is 34.5 Å². The number of unbranched alkanes of at least 4 members (excludes halogenated alkanes) is 1. The molecule has 0 saturated heterocycles. The van der Waals surface area contributed by atoms with Crippen molar-refractivity contribution in [1.29, 1.82) is 0 Å². The van der Waals surface area contributed by atoms with Crippen molar-refractivity contribution in [1.82, 2.24) is 19.5 Å². The quantitative estimate of drug-likeness (QED) is 0.305. The summed E-state index contributed by atoms with van der Waals surface area (Å²) in [6, 6.07) is 29.6. The van der Waals surface area contributed by atoms with Crippen LogP contribution in [0.4, 0.5) is 0 Å². The Bertz CT molecular complexity index is 1530. The maximum atomic E-state index is 4.88. The highest BCUT2D eigenvalue weighted by Crippen LogP contribution is 2.29. The number of hydrogen-bond donors (Lipinski definition) is 1. The van der Waals surface area contributed by atoms with Crippen LogP contribution < -0.4 is 0 Å². The Morgan fingerprint density at radius 1 is 0.750 bits per heavy atom. The fourth-order valence-electron chi connectivity index (χ4n) is 4.76. The van der Waals surface area contributed by atoms with Crippen molar-refractivity contribution >= 4 is 32.8 Å². The predicted octanol–water partition coefficient (Wildman–Crippen LogP) is 6.76. The number of nitrogens with zero attached hydrogens (tertiary/aromatic N) is 3. The number of pyridine rings is 1. The van der Waals surface area contributed by atoms with Crippen molar-refractivity contribution in [2.24, 2.45) is 0 Å². The van der Waals surface area contributed by atoms with Gasteiger partial charge in [0.2, 0.25) is 0 Å². The van der Waals surface area contributed by atoms with Gasteiger partial charge in [0.15, 0.2) is 5.82 Å². The summed E-state index contributed by atoms with van der Waals surface area (Å²) in [4.78, 5) is 13.0. The zero-order chi connectivity index (χ0) is 21.3. The highest BCUT2D eigenvalue weighted by molar-refractivity contribution is 6.08. The third-order valence-corrected chi connectivity index (χ3v) is 6.24. The topological polar surface area (TPSA) is 46.5 Å². The largest absolute Gasteiger partial charge is 0.355 e. The number of aryl methyl sites for hydroxylation is 2. The summed E-state index contributed by atoms with van der Waals surface area (Å²) in [7, 11) is 0. The summed E-state index contributed by atoms with van der Waals surface area (Å²) in [5.74, 6) is 0.950. The van der Waals surface area contributed by atoms with Crippen LogP contribution in [0.3, 0.4) is 0 Å². The number of rotatable bonds is 6. The number of H-pyrrole nitrogens is 1. The highest BCUT2D eigenvalue weighted by Gasteiger charge is 2.13. The van der Waals surface area contributed by atoms with Crippen molar-refractivity contribution in [3.63, 3.8) is 0 Å². The fourth-order valence-corrected chi connectivity index (χ4v) is 4.76. The fraction of sp³-hybridized carbons (Fsp3) is 0.143. The van der Waals surface area contributed by atoms with Gasteiger partial charge >= 0.3 is 0 Å². The molecule has 32 heavy (non-hydrogen) atoms. The molecule has 3 aromatic heterocycles. The van der Waals surface area contributed by atoms with Crippen molar-refractivity contribution in [3.05, 3.63) is 96.7 Å². The minimum atomic E-state index is 0.923. The molecule has 156 valence electrons. The van der Waals surface area contributed by atoms with E-state index in [1.807, 2.05) is 30.5 Å². The van der Waals surface area contributed by atoms with Gasteiger partial charge in [-0.05, 0) is 61.2 Å². The lowest BCUT2D eigenvalue weighted by molar-refractivity contribution is 0.625. The Morgan fingerprint density at radius 2 is 1.59 bits per heavy atom. The lowest BCUT2D eigenvalue weighted by Crippen LogP contribution is -2.02. The molecular formula is C28H24N4. The van der Waals surface area contributed by atoms with Gasteiger partial charge in [-0.15, -0.1) is 0 Å². The van der Waals surface area contributed by atoms with Crippen LogP contribution in [0, 0.1) is 0 Å². The normalized spacial score (nSPS) is 11.6. The lowest BCUT2D eigenvalue weighted by atomic mass is 10.0. The van der Waals surface area contributed by atoms with Crippen LogP contribution in [0.25, 0.3) is 44.4 Å². The molecule has 0 spiro atoms. The SMILES string of the molecule is c1ccc(-c2nc3ccccc3n2CCCCc2cccc3[nH]c4ccccc4c23)nc1. The molecule has 0 aliphatic carbocycles. The highest BCUT2D eigenvalue weighted by atomic mass is 15.1. The van der Waals surface area contributed by atoms with E-state index >= 15 is 0 Å². The first-order chi connectivity index (χ1) is 15.9. The monoisotopic (exact) mass is 416 g/mol. The number of nitrogens with one attached hydrogen (secondary N) is 1. The summed E-state index contributed by atoms with van der Waals surface area (Å²) in [5.41, 5.74) is 6.97. The number of aromatic amines is 1. The first kappa shape index (κ1) is 18.8. The Hall–Kier alpha value is -3.92. The molecule has 6 rings (SSSR count). The summed E-state index contributed by atoms with van der Waals surface area (Å²) >= 11 is 0. The number of hydrogen-bond acceptors (Lipinski definition) is 2. The van der Waals surface area contributed by atoms with Crippen LogP contribution in [-0.2, 0) is 13.0 Å². The zero-order valence-corrected chi connectivity index (χ0v) is 17.8. The number of imidazole rings is 1. The molecule has 1 N–H and O–H groups in total. The third kappa shape index (κ3) is 3.25. The molecule has 4 heteroatoms. The maximum Gasteiger partial charge on any atom is 0.159 e. The van der Waals surface area contributed by atoms with Gasteiger partial charge in [-0.1, -0.05) is 48.5 Å². The van der Waals surface area contributed by atoms with Crippen LogP contribution in [0.5, 0.6) is 0 Å². The standard InChI is InChI=1S/C28H24N4/c1-2-13-22-21(12-1)27-20(11-9-16-24(27)30-22)10-6-8-19-32-26-17-4-3-14-23(26)31-28(32)25-15-5-7-18-29-25/h1-5,7,9,11-18,30H,6,8,10,19H2.